The Morgan fingerprint density at radius 3 is 3.00 bits per heavy atom. The van der Waals surface area contributed by atoms with E-state index in [1.54, 1.807) is 11.3 Å². The molecule has 92 valence electrons. The quantitative estimate of drug-likeness (QED) is 0.707. The summed E-state index contributed by atoms with van der Waals surface area (Å²) in [5.74, 6) is 5.82. The van der Waals surface area contributed by atoms with E-state index in [0.717, 1.165) is 9.75 Å². The number of nitrogens with one attached hydrogen (secondary N) is 2. The Morgan fingerprint density at radius 2 is 2.29 bits per heavy atom. The minimum atomic E-state index is -0.159. The van der Waals surface area contributed by atoms with Gasteiger partial charge in [0.05, 0.1) is 18.0 Å². The topological polar surface area (TPSA) is 61.4 Å². The third-order valence-corrected chi connectivity index (χ3v) is 2.87. The number of rotatable bonds is 4. The molecule has 0 unspecified atom stereocenters. The molecule has 0 aliphatic carbocycles. The highest BCUT2D eigenvalue weighted by molar-refractivity contribution is 7.12. The fraction of sp³-hybridized carbons (Fsp3) is 0.417. The van der Waals surface area contributed by atoms with Crippen molar-refractivity contribution in [1.29, 1.82) is 0 Å². The fourth-order valence-electron chi connectivity index (χ4n) is 1.14. The second-order valence-corrected chi connectivity index (χ2v) is 4.42. The van der Waals surface area contributed by atoms with Gasteiger partial charge in [0, 0.05) is 17.8 Å². The molecule has 17 heavy (non-hydrogen) atoms. The molecule has 1 heterocycles. The van der Waals surface area contributed by atoms with Gasteiger partial charge in [-0.3, -0.25) is 0 Å². The molecule has 0 radical (unpaired) electrons. The van der Waals surface area contributed by atoms with Crippen LogP contribution in [0.4, 0.5) is 4.79 Å². The zero-order valence-corrected chi connectivity index (χ0v) is 10.6. The first-order valence-corrected chi connectivity index (χ1v) is 6.28. The smallest absolute Gasteiger partial charge is 0.315 e. The lowest BCUT2D eigenvalue weighted by Gasteiger charge is -2.03. The van der Waals surface area contributed by atoms with Gasteiger partial charge in [-0.1, -0.05) is 11.8 Å². The zero-order chi connectivity index (χ0) is 12.5. The summed E-state index contributed by atoms with van der Waals surface area (Å²) < 4.78 is 0. The van der Waals surface area contributed by atoms with E-state index < -0.39 is 0 Å². The maximum Gasteiger partial charge on any atom is 0.315 e. The summed E-state index contributed by atoms with van der Waals surface area (Å²) in [5, 5.41) is 14.0. The molecule has 0 atom stereocenters. The van der Waals surface area contributed by atoms with E-state index in [-0.39, 0.29) is 12.6 Å². The van der Waals surface area contributed by atoms with Gasteiger partial charge in [-0.25, -0.2) is 4.79 Å². The van der Waals surface area contributed by atoms with E-state index in [1.807, 2.05) is 19.1 Å². The van der Waals surface area contributed by atoms with Crippen molar-refractivity contribution >= 4 is 17.4 Å². The molecule has 0 fully saturated rings. The Bertz CT molecular complexity index is 418. The normalized spacial score (nSPS) is 9.29. The second kappa shape index (κ2) is 7.71. The lowest BCUT2D eigenvalue weighted by atomic mass is 10.4. The maximum atomic E-state index is 11.2. The number of carbonyl (C=O) groups excluding carboxylic acids is 1. The highest BCUT2D eigenvalue weighted by atomic mass is 32.1. The summed E-state index contributed by atoms with van der Waals surface area (Å²) in [7, 11) is 0. The van der Waals surface area contributed by atoms with Gasteiger partial charge in [-0.2, -0.15) is 0 Å². The molecule has 0 aromatic carbocycles. The third kappa shape index (κ3) is 5.38. The van der Waals surface area contributed by atoms with E-state index in [2.05, 4.69) is 22.5 Å². The molecule has 1 rings (SSSR count). The first kappa shape index (κ1) is 13.6. The van der Waals surface area contributed by atoms with Crippen molar-refractivity contribution in [2.75, 3.05) is 13.2 Å². The number of carbonyl (C=O) groups is 1. The van der Waals surface area contributed by atoms with E-state index >= 15 is 0 Å². The van der Waals surface area contributed by atoms with Crippen LogP contribution in [0, 0.1) is 11.8 Å². The lowest BCUT2D eigenvalue weighted by Crippen LogP contribution is -2.34. The van der Waals surface area contributed by atoms with Gasteiger partial charge in [-0.05, 0) is 19.1 Å². The number of amides is 2. The number of urea groups is 1. The van der Waals surface area contributed by atoms with Crippen molar-refractivity contribution < 1.29 is 9.90 Å². The van der Waals surface area contributed by atoms with E-state index in [1.165, 1.54) is 0 Å². The molecule has 3 N–H and O–H groups in total. The second-order valence-electron chi connectivity index (χ2n) is 3.25. The van der Waals surface area contributed by atoms with Crippen molar-refractivity contribution in [3.63, 3.8) is 0 Å². The molecule has 0 bridgehead atoms. The monoisotopic (exact) mass is 252 g/mol. The highest BCUT2D eigenvalue weighted by Gasteiger charge is 2.00. The van der Waals surface area contributed by atoms with Crippen LogP contribution < -0.4 is 10.6 Å². The maximum absolute atomic E-state index is 11.2. The van der Waals surface area contributed by atoms with Gasteiger partial charge in [-0.15, -0.1) is 11.3 Å². The van der Waals surface area contributed by atoms with Crippen LogP contribution in [0.2, 0.25) is 0 Å². The van der Waals surface area contributed by atoms with Gasteiger partial charge in [0.1, 0.15) is 0 Å². The number of hydrogen-bond donors (Lipinski definition) is 3. The molecule has 1 aromatic rings. The Morgan fingerprint density at radius 1 is 1.47 bits per heavy atom. The van der Waals surface area contributed by atoms with Gasteiger partial charge in [0.25, 0.3) is 0 Å². The number of aliphatic hydroxyl groups excluding tert-OH is 1. The standard InChI is InChI=1S/C12H16N2O2S/c1-2-13-12(16)14-9-11-7-6-10(17-11)5-3-4-8-15/h6-7,15H,2,4,8-9H2,1H3,(H2,13,14,16). The summed E-state index contributed by atoms with van der Waals surface area (Å²) >= 11 is 1.55. The van der Waals surface area contributed by atoms with Gasteiger partial charge in [0.2, 0.25) is 0 Å². The van der Waals surface area contributed by atoms with Crippen LogP contribution in [0.25, 0.3) is 0 Å². The molecular weight excluding hydrogens is 236 g/mol. The van der Waals surface area contributed by atoms with Crippen LogP contribution in [0.5, 0.6) is 0 Å². The largest absolute Gasteiger partial charge is 0.395 e. The molecule has 2 amide bonds. The minimum absolute atomic E-state index is 0.0873. The summed E-state index contributed by atoms with van der Waals surface area (Å²) in [4.78, 5) is 13.2. The highest BCUT2D eigenvalue weighted by Crippen LogP contribution is 2.14. The van der Waals surface area contributed by atoms with Gasteiger partial charge < -0.3 is 15.7 Å². The number of aliphatic hydroxyl groups is 1. The lowest BCUT2D eigenvalue weighted by molar-refractivity contribution is 0.241. The molecule has 4 nitrogen and oxygen atoms in total. The molecule has 0 aliphatic heterocycles. The van der Waals surface area contributed by atoms with Crippen LogP contribution in [-0.2, 0) is 6.54 Å². The van der Waals surface area contributed by atoms with Crippen molar-refractivity contribution in [3.05, 3.63) is 21.9 Å². The van der Waals surface area contributed by atoms with Crippen molar-refractivity contribution in [2.45, 2.75) is 19.9 Å². The Labute approximate surface area is 105 Å². The number of hydrogen-bond acceptors (Lipinski definition) is 3. The fourth-order valence-corrected chi connectivity index (χ4v) is 1.96. The molecular formula is C12H16N2O2S. The Hall–Kier alpha value is -1.51. The van der Waals surface area contributed by atoms with E-state index in [0.29, 0.717) is 19.5 Å². The summed E-state index contributed by atoms with van der Waals surface area (Å²) in [6.07, 6.45) is 0.490. The Balaban J connectivity index is 2.41. The average Bonchev–Trinajstić information content (AvgIpc) is 2.75. The van der Waals surface area contributed by atoms with Crippen molar-refractivity contribution in [2.24, 2.45) is 0 Å². The minimum Gasteiger partial charge on any atom is -0.395 e. The van der Waals surface area contributed by atoms with Crippen molar-refractivity contribution in [3.8, 4) is 11.8 Å². The molecule has 0 saturated heterocycles. The SMILES string of the molecule is CCNC(=O)NCc1ccc(C#CCCO)s1. The van der Waals surface area contributed by atoms with Crippen LogP contribution in [0.1, 0.15) is 23.1 Å². The van der Waals surface area contributed by atoms with Gasteiger partial charge in [0.15, 0.2) is 0 Å². The average molecular weight is 252 g/mol. The predicted molar refractivity (Wildman–Crippen MR) is 68.8 cm³/mol. The Kier molecular flexibility index (Phi) is 6.15. The summed E-state index contributed by atoms with van der Waals surface area (Å²) in [6, 6.07) is 3.71. The first-order chi connectivity index (χ1) is 8.26. The van der Waals surface area contributed by atoms with Crippen LogP contribution >= 0.6 is 11.3 Å². The van der Waals surface area contributed by atoms with Gasteiger partial charge >= 0.3 is 6.03 Å². The van der Waals surface area contributed by atoms with Crippen LogP contribution in [0.3, 0.4) is 0 Å². The molecule has 1 aromatic heterocycles. The molecule has 0 spiro atoms. The van der Waals surface area contributed by atoms with Crippen molar-refractivity contribution in [1.82, 2.24) is 10.6 Å². The van der Waals surface area contributed by atoms with Crippen LogP contribution in [0.15, 0.2) is 12.1 Å². The first-order valence-electron chi connectivity index (χ1n) is 5.46. The van der Waals surface area contributed by atoms with E-state index in [9.17, 15) is 4.79 Å². The molecule has 5 heteroatoms. The number of thiophene rings is 1. The summed E-state index contributed by atoms with van der Waals surface area (Å²) in [6.45, 7) is 3.09. The molecule has 0 saturated carbocycles. The predicted octanol–water partition coefficient (Wildman–Crippen LogP) is 1.30. The van der Waals surface area contributed by atoms with Crippen LogP contribution in [-0.4, -0.2) is 24.3 Å². The van der Waals surface area contributed by atoms with E-state index in [4.69, 9.17) is 5.11 Å². The third-order valence-electron chi connectivity index (χ3n) is 1.87. The zero-order valence-electron chi connectivity index (χ0n) is 9.75. The molecule has 0 aliphatic rings. The summed E-state index contributed by atoms with van der Waals surface area (Å²) in [5.41, 5.74) is 0.